The van der Waals surface area contributed by atoms with Gasteiger partial charge in [-0.2, -0.15) is 0 Å². The summed E-state index contributed by atoms with van der Waals surface area (Å²) in [5, 5.41) is 2.88. The van der Waals surface area contributed by atoms with E-state index < -0.39 is 11.2 Å². The number of hydrogen-bond donors (Lipinski definition) is 1. The first-order valence-corrected chi connectivity index (χ1v) is 9.22. The number of hydrogen-bond acceptors (Lipinski definition) is 5. The second-order valence-electron chi connectivity index (χ2n) is 7.92. The average molecular weight is 376 g/mol. The van der Waals surface area contributed by atoms with E-state index in [0.717, 1.165) is 17.4 Å². The Morgan fingerprint density at radius 2 is 2.04 bits per heavy atom. The molecule has 1 spiro atoms. The Bertz CT molecular complexity index is 935. The molecule has 4 rings (SSSR count). The van der Waals surface area contributed by atoms with Crippen molar-refractivity contribution in [3.05, 3.63) is 32.6 Å². The lowest BCUT2D eigenvalue weighted by molar-refractivity contribution is -0.119. The maximum absolute atomic E-state index is 13.1. The summed E-state index contributed by atoms with van der Waals surface area (Å²) < 4.78 is 8.45. The van der Waals surface area contributed by atoms with Gasteiger partial charge in [-0.05, 0) is 12.8 Å². The highest BCUT2D eigenvalue weighted by Crippen LogP contribution is 2.54. The summed E-state index contributed by atoms with van der Waals surface area (Å²) in [4.78, 5) is 50.1. The number of carbonyl (C=O) groups is 2. The van der Waals surface area contributed by atoms with Gasteiger partial charge in [0.2, 0.25) is 5.91 Å². The van der Waals surface area contributed by atoms with Crippen LogP contribution in [0.3, 0.4) is 0 Å². The Kier molecular flexibility index (Phi) is 4.03. The normalized spacial score (nSPS) is 31.2. The van der Waals surface area contributed by atoms with Crippen molar-refractivity contribution >= 4 is 11.8 Å². The van der Waals surface area contributed by atoms with Crippen molar-refractivity contribution in [2.75, 3.05) is 19.6 Å². The van der Waals surface area contributed by atoms with Crippen molar-refractivity contribution in [2.45, 2.75) is 31.5 Å². The van der Waals surface area contributed by atoms with Gasteiger partial charge in [0.05, 0.1) is 18.2 Å². The highest BCUT2D eigenvalue weighted by atomic mass is 16.5. The molecule has 0 unspecified atom stereocenters. The summed E-state index contributed by atoms with van der Waals surface area (Å²) >= 11 is 0. The molecule has 1 N–H and O–H groups in total. The van der Waals surface area contributed by atoms with Gasteiger partial charge in [0.25, 0.3) is 11.5 Å². The molecule has 9 nitrogen and oxygen atoms in total. The van der Waals surface area contributed by atoms with Crippen molar-refractivity contribution < 1.29 is 14.3 Å². The Hall–Kier alpha value is -2.42. The zero-order chi connectivity index (χ0) is 19.5. The minimum atomic E-state index is -0.524. The topological polar surface area (TPSA) is 103 Å². The molecule has 0 saturated carbocycles. The van der Waals surface area contributed by atoms with Crippen LogP contribution in [0.2, 0.25) is 0 Å². The number of carbonyl (C=O) groups excluding carboxylic acids is 2. The van der Waals surface area contributed by atoms with E-state index >= 15 is 0 Å². The second-order valence-corrected chi connectivity index (χ2v) is 7.92. The average Bonchev–Trinajstić information content (AvgIpc) is 3.28. The molecule has 9 heteroatoms. The van der Waals surface area contributed by atoms with Crippen molar-refractivity contribution in [2.24, 2.45) is 25.9 Å². The molecule has 0 radical (unpaired) electrons. The first kappa shape index (κ1) is 18.0. The predicted molar refractivity (Wildman–Crippen MR) is 95.3 cm³/mol. The van der Waals surface area contributed by atoms with Gasteiger partial charge >= 0.3 is 5.69 Å². The van der Waals surface area contributed by atoms with Crippen LogP contribution >= 0.6 is 0 Å². The second kappa shape index (κ2) is 6.05. The lowest BCUT2D eigenvalue weighted by Crippen LogP contribution is -2.43. The van der Waals surface area contributed by atoms with E-state index in [4.69, 9.17) is 4.74 Å². The molecule has 4 atom stereocenters. The lowest BCUT2D eigenvalue weighted by Gasteiger charge is -2.29. The summed E-state index contributed by atoms with van der Waals surface area (Å²) in [5.74, 6) is -0.0854. The number of aromatic nitrogens is 2. The van der Waals surface area contributed by atoms with Crippen molar-refractivity contribution in [1.82, 2.24) is 19.4 Å². The molecule has 4 heterocycles. The van der Waals surface area contributed by atoms with Crippen LogP contribution in [0.4, 0.5) is 0 Å². The fraction of sp³-hybridized carbons (Fsp3) is 0.667. The maximum Gasteiger partial charge on any atom is 0.331 e. The predicted octanol–water partition coefficient (Wildman–Crippen LogP) is -1.16. The minimum Gasteiger partial charge on any atom is -0.369 e. The number of nitrogens with one attached hydrogen (secondary N) is 1. The number of amides is 2. The molecule has 0 aromatic carbocycles. The van der Waals surface area contributed by atoms with Crippen LogP contribution in [-0.2, 0) is 23.6 Å². The van der Waals surface area contributed by atoms with Gasteiger partial charge < -0.3 is 15.0 Å². The van der Waals surface area contributed by atoms with Gasteiger partial charge in [-0.15, -0.1) is 0 Å². The van der Waals surface area contributed by atoms with E-state index in [-0.39, 0.29) is 41.0 Å². The summed E-state index contributed by atoms with van der Waals surface area (Å²) in [7, 11) is 2.88. The molecule has 2 amide bonds. The molecule has 1 aromatic heterocycles. The molecule has 3 aliphatic heterocycles. The zero-order valence-electron chi connectivity index (χ0n) is 15.7. The molecule has 2 bridgehead atoms. The maximum atomic E-state index is 13.1. The van der Waals surface area contributed by atoms with Gasteiger partial charge in [0, 0.05) is 52.0 Å². The van der Waals surface area contributed by atoms with Gasteiger partial charge in [-0.1, -0.05) is 0 Å². The third kappa shape index (κ3) is 2.63. The fourth-order valence-corrected chi connectivity index (χ4v) is 4.98. The van der Waals surface area contributed by atoms with Crippen LogP contribution in [-0.4, -0.2) is 57.2 Å². The van der Waals surface area contributed by atoms with E-state index in [1.54, 1.807) is 4.90 Å². The quantitative estimate of drug-likeness (QED) is 0.717. The molecule has 146 valence electrons. The van der Waals surface area contributed by atoms with Crippen molar-refractivity contribution in [3.63, 3.8) is 0 Å². The highest BCUT2D eigenvalue weighted by Gasteiger charge is 2.63. The van der Waals surface area contributed by atoms with E-state index in [2.05, 4.69) is 5.32 Å². The van der Waals surface area contributed by atoms with Crippen LogP contribution < -0.4 is 16.6 Å². The molecule has 3 fully saturated rings. The summed E-state index contributed by atoms with van der Waals surface area (Å²) in [6.45, 7) is 2.99. The first-order valence-electron chi connectivity index (χ1n) is 9.22. The van der Waals surface area contributed by atoms with E-state index in [9.17, 15) is 19.2 Å². The van der Waals surface area contributed by atoms with Crippen LogP contribution in [0.25, 0.3) is 0 Å². The number of rotatable bonds is 3. The number of nitrogens with zero attached hydrogens (tertiary/aromatic N) is 3. The summed E-state index contributed by atoms with van der Waals surface area (Å²) in [6, 6.07) is 1.21. The van der Waals surface area contributed by atoms with Gasteiger partial charge in [0.15, 0.2) is 0 Å². The van der Waals surface area contributed by atoms with E-state index in [1.165, 1.54) is 31.7 Å². The van der Waals surface area contributed by atoms with E-state index in [0.29, 0.717) is 19.6 Å². The fourth-order valence-electron chi connectivity index (χ4n) is 4.98. The van der Waals surface area contributed by atoms with Crippen molar-refractivity contribution in [1.29, 1.82) is 0 Å². The van der Waals surface area contributed by atoms with Gasteiger partial charge in [-0.3, -0.25) is 23.5 Å². The SMILES string of the molecule is CC(=O)NC[C@H]1[C@H]2CN(C(=O)c3cc(=O)n(C)c(=O)n3C)C[C@]23CC[C@H]1O3. The molecular weight excluding hydrogens is 352 g/mol. The standard InChI is InChI=1S/C18H24N4O5/c1-10(23)19-7-11-12-8-22(9-18(12)5-4-14(11)27-18)16(25)13-6-15(24)21(3)17(26)20(13)2/h6,11-12,14H,4-5,7-9H2,1-3H3,(H,19,23)/t11-,12+,14+,18+/m0/s1. The van der Waals surface area contributed by atoms with Crippen LogP contribution in [0.5, 0.6) is 0 Å². The largest absolute Gasteiger partial charge is 0.369 e. The van der Waals surface area contributed by atoms with Crippen LogP contribution in [0.15, 0.2) is 15.7 Å². The lowest BCUT2D eigenvalue weighted by atomic mass is 9.73. The number of likely N-dealkylation sites (tertiary alicyclic amines) is 1. The molecule has 27 heavy (non-hydrogen) atoms. The Morgan fingerprint density at radius 3 is 2.74 bits per heavy atom. The molecule has 3 saturated heterocycles. The Morgan fingerprint density at radius 1 is 1.30 bits per heavy atom. The molecule has 3 aliphatic rings. The number of ether oxygens (including phenoxy) is 1. The Balaban J connectivity index is 1.59. The summed E-state index contributed by atoms with van der Waals surface area (Å²) in [6.07, 6.45) is 1.93. The van der Waals surface area contributed by atoms with Crippen LogP contribution in [0, 0.1) is 11.8 Å². The summed E-state index contributed by atoms with van der Waals surface area (Å²) in [5.41, 5.74) is -1.31. The molecule has 0 aliphatic carbocycles. The molecule has 1 aromatic rings. The zero-order valence-corrected chi connectivity index (χ0v) is 15.7. The molecular formula is C18H24N4O5. The minimum absolute atomic E-state index is 0.0760. The number of fused-ring (bicyclic) bond motifs is 1. The first-order chi connectivity index (χ1) is 12.7. The van der Waals surface area contributed by atoms with Gasteiger partial charge in [-0.25, -0.2) is 4.79 Å². The third-order valence-corrected chi connectivity index (χ3v) is 6.40. The smallest absolute Gasteiger partial charge is 0.331 e. The Labute approximate surface area is 155 Å². The highest BCUT2D eigenvalue weighted by molar-refractivity contribution is 5.92. The third-order valence-electron chi connectivity index (χ3n) is 6.40. The van der Waals surface area contributed by atoms with E-state index in [1.807, 2.05) is 0 Å². The van der Waals surface area contributed by atoms with Crippen LogP contribution in [0.1, 0.15) is 30.3 Å². The van der Waals surface area contributed by atoms with Crippen molar-refractivity contribution in [3.8, 4) is 0 Å². The van der Waals surface area contributed by atoms with Gasteiger partial charge in [0.1, 0.15) is 5.69 Å². The monoisotopic (exact) mass is 376 g/mol.